The van der Waals surface area contributed by atoms with Crippen molar-refractivity contribution < 1.29 is 9.47 Å². The Kier molecular flexibility index (Phi) is 7.64. The monoisotopic (exact) mass is 255 g/mol. The molecule has 0 fully saturated rings. The lowest BCUT2D eigenvalue weighted by Crippen LogP contribution is -2.34. The largest absolute Gasteiger partial charge is 0.382 e. The van der Waals surface area contributed by atoms with Gasteiger partial charge in [0.1, 0.15) is 5.82 Å². The maximum Gasteiger partial charge on any atom is 0.110 e. The van der Waals surface area contributed by atoms with E-state index in [0.29, 0.717) is 25.9 Å². The molecule has 0 amide bonds. The number of aryl methyl sites for hydroxylation is 1. The smallest absolute Gasteiger partial charge is 0.110 e. The van der Waals surface area contributed by atoms with Crippen LogP contribution in [0.3, 0.4) is 0 Å². The van der Waals surface area contributed by atoms with Crippen molar-refractivity contribution >= 4 is 0 Å². The molecular formula is C13H25N3O2. The normalized spacial score (nSPS) is 12.8. The highest BCUT2D eigenvalue weighted by atomic mass is 16.5. The van der Waals surface area contributed by atoms with Crippen LogP contribution in [0.5, 0.6) is 0 Å². The third kappa shape index (κ3) is 5.16. The molecule has 18 heavy (non-hydrogen) atoms. The minimum absolute atomic E-state index is 0.292. The summed E-state index contributed by atoms with van der Waals surface area (Å²) in [5.74, 6) is 1.12. The third-order valence-corrected chi connectivity index (χ3v) is 2.85. The highest BCUT2D eigenvalue weighted by Crippen LogP contribution is 2.03. The Morgan fingerprint density at radius 2 is 2.28 bits per heavy atom. The van der Waals surface area contributed by atoms with Crippen molar-refractivity contribution in [3.63, 3.8) is 0 Å². The van der Waals surface area contributed by atoms with Crippen LogP contribution in [-0.2, 0) is 22.4 Å². The molecule has 0 radical (unpaired) electrons. The summed E-state index contributed by atoms with van der Waals surface area (Å²) in [7, 11) is 3.64. The summed E-state index contributed by atoms with van der Waals surface area (Å²) in [6, 6.07) is 0.292. The molecule has 5 heteroatoms. The number of hydrogen-bond donors (Lipinski definition) is 1. The Morgan fingerprint density at radius 3 is 2.94 bits per heavy atom. The second-order valence-corrected chi connectivity index (χ2v) is 4.29. The van der Waals surface area contributed by atoms with Crippen molar-refractivity contribution in [3.8, 4) is 0 Å². The number of likely N-dealkylation sites (N-methyl/N-ethyl adjacent to an activating group) is 1. The van der Waals surface area contributed by atoms with Gasteiger partial charge < -0.3 is 19.4 Å². The van der Waals surface area contributed by atoms with E-state index in [4.69, 9.17) is 9.47 Å². The molecule has 0 spiro atoms. The number of ether oxygens (including phenoxy) is 2. The van der Waals surface area contributed by atoms with Crippen molar-refractivity contribution in [1.29, 1.82) is 0 Å². The van der Waals surface area contributed by atoms with Gasteiger partial charge in [0.15, 0.2) is 0 Å². The Labute approximate surface area is 109 Å². The molecule has 0 aliphatic carbocycles. The first-order valence-corrected chi connectivity index (χ1v) is 6.55. The number of aromatic nitrogens is 2. The number of imidazole rings is 1. The van der Waals surface area contributed by atoms with Crippen LogP contribution in [-0.4, -0.2) is 49.6 Å². The van der Waals surface area contributed by atoms with E-state index in [-0.39, 0.29) is 0 Å². The predicted octanol–water partition coefficient (Wildman–Crippen LogP) is 1.09. The van der Waals surface area contributed by atoms with Crippen molar-refractivity contribution in [2.24, 2.45) is 0 Å². The molecule has 0 aromatic carbocycles. The Morgan fingerprint density at radius 1 is 1.44 bits per heavy atom. The molecule has 0 bridgehead atoms. The van der Waals surface area contributed by atoms with Gasteiger partial charge in [-0.3, -0.25) is 0 Å². The number of methoxy groups -OCH3 is 1. The number of nitrogens with zero attached hydrogens (tertiary/aromatic N) is 2. The number of hydrogen-bond acceptors (Lipinski definition) is 4. The van der Waals surface area contributed by atoms with E-state index in [2.05, 4.69) is 21.8 Å². The summed E-state index contributed by atoms with van der Waals surface area (Å²) in [6.07, 6.45) is 5.91. The maximum absolute atomic E-state index is 5.55. The first kappa shape index (κ1) is 15.1. The van der Waals surface area contributed by atoms with E-state index in [1.165, 1.54) is 0 Å². The van der Waals surface area contributed by atoms with E-state index in [1.54, 1.807) is 7.11 Å². The third-order valence-electron chi connectivity index (χ3n) is 2.85. The van der Waals surface area contributed by atoms with E-state index >= 15 is 0 Å². The lowest BCUT2D eigenvalue weighted by molar-refractivity contribution is 0.0594. The van der Waals surface area contributed by atoms with Crippen LogP contribution in [0.2, 0.25) is 0 Å². The van der Waals surface area contributed by atoms with Gasteiger partial charge in [-0.2, -0.15) is 0 Å². The fourth-order valence-corrected chi connectivity index (χ4v) is 1.81. The van der Waals surface area contributed by atoms with Gasteiger partial charge in [0.2, 0.25) is 0 Å². The minimum atomic E-state index is 0.292. The Bertz CT molecular complexity index is 315. The van der Waals surface area contributed by atoms with Gasteiger partial charge in [-0.25, -0.2) is 4.98 Å². The molecule has 1 aromatic heterocycles. The predicted molar refractivity (Wildman–Crippen MR) is 71.8 cm³/mol. The Balaban J connectivity index is 2.39. The van der Waals surface area contributed by atoms with Gasteiger partial charge in [-0.15, -0.1) is 0 Å². The second kappa shape index (κ2) is 9.08. The van der Waals surface area contributed by atoms with Crippen LogP contribution >= 0.6 is 0 Å². The topological polar surface area (TPSA) is 48.3 Å². The zero-order chi connectivity index (χ0) is 13.2. The molecular weight excluding hydrogens is 230 g/mol. The number of rotatable bonds is 10. The van der Waals surface area contributed by atoms with E-state index in [1.807, 2.05) is 19.4 Å². The Hall–Kier alpha value is -0.910. The molecule has 5 nitrogen and oxygen atoms in total. The molecule has 104 valence electrons. The molecule has 1 heterocycles. The quantitative estimate of drug-likeness (QED) is 0.636. The van der Waals surface area contributed by atoms with Crippen molar-refractivity contribution in [1.82, 2.24) is 14.9 Å². The minimum Gasteiger partial charge on any atom is -0.382 e. The van der Waals surface area contributed by atoms with Crippen molar-refractivity contribution in [2.75, 3.05) is 34.0 Å². The standard InChI is InChI=1S/C13H25N3O2/c1-4-6-16-7-5-15-13(16)10-12(14-2)11-18-9-8-17-3/h5,7,12,14H,4,6,8-11H2,1-3H3. The van der Waals surface area contributed by atoms with Crippen molar-refractivity contribution in [2.45, 2.75) is 32.4 Å². The van der Waals surface area contributed by atoms with Crippen LogP contribution in [0.15, 0.2) is 12.4 Å². The van der Waals surface area contributed by atoms with E-state index in [0.717, 1.165) is 25.2 Å². The first-order valence-electron chi connectivity index (χ1n) is 6.55. The van der Waals surface area contributed by atoms with Crippen molar-refractivity contribution in [3.05, 3.63) is 18.2 Å². The SMILES string of the molecule is CCCn1ccnc1CC(COCCOC)NC. The average molecular weight is 255 g/mol. The molecule has 0 aliphatic heterocycles. The van der Waals surface area contributed by atoms with E-state index in [9.17, 15) is 0 Å². The maximum atomic E-state index is 5.55. The molecule has 0 saturated carbocycles. The summed E-state index contributed by atoms with van der Waals surface area (Å²) < 4.78 is 12.7. The first-order chi connectivity index (χ1) is 8.81. The molecule has 1 aromatic rings. The summed E-state index contributed by atoms with van der Waals surface area (Å²) >= 11 is 0. The van der Waals surface area contributed by atoms with E-state index < -0.39 is 0 Å². The molecule has 1 rings (SSSR count). The van der Waals surface area contributed by atoms with Gasteiger partial charge in [0, 0.05) is 38.5 Å². The van der Waals surface area contributed by atoms with Crippen LogP contribution in [0.4, 0.5) is 0 Å². The molecule has 1 N–H and O–H groups in total. The number of nitrogens with one attached hydrogen (secondary N) is 1. The lowest BCUT2D eigenvalue weighted by Gasteiger charge is -2.16. The summed E-state index contributed by atoms with van der Waals surface area (Å²) in [5.41, 5.74) is 0. The van der Waals surface area contributed by atoms with Crippen LogP contribution in [0.25, 0.3) is 0 Å². The fourth-order valence-electron chi connectivity index (χ4n) is 1.81. The van der Waals surface area contributed by atoms with Gasteiger partial charge >= 0.3 is 0 Å². The average Bonchev–Trinajstić information content (AvgIpc) is 2.81. The molecule has 1 atom stereocenters. The highest BCUT2D eigenvalue weighted by Gasteiger charge is 2.11. The zero-order valence-electron chi connectivity index (χ0n) is 11.7. The zero-order valence-corrected chi connectivity index (χ0v) is 11.7. The fraction of sp³-hybridized carbons (Fsp3) is 0.769. The van der Waals surface area contributed by atoms with Crippen LogP contribution < -0.4 is 5.32 Å². The molecule has 1 unspecified atom stereocenters. The molecule has 0 aliphatic rings. The summed E-state index contributed by atoms with van der Waals surface area (Å²) in [4.78, 5) is 4.41. The molecule has 0 saturated heterocycles. The van der Waals surface area contributed by atoms with Gasteiger partial charge in [-0.05, 0) is 13.5 Å². The second-order valence-electron chi connectivity index (χ2n) is 4.29. The van der Waals surface area contributed by atoms with Crippen LogP contribution in [0.1, 0.15) is 19.2 Å². The van der Waals surface area contributed by atoms with Crippen LogP contribution in [0, 0.1) is 0 Å². The summed E-state index contributed by atoms with van der Waals surface area (Å²) in [6.45, 7) is 5.15. The lowest BCUT2D eigenvalue weighted by atomic mass is 10.2. The highest BCUT2D eigenvalue weighted by molar-refractivity contribution is 4.95. The summed E-state index contributed by atoms with van der Waals surface area (Å²) in [5, 5.41) is 3.27. The van der Waals surface area contributed by atoms with Gasteiger partial charge in [-0.1, -0.05) is 6.92 Å². The van der Waals surface area contributed by atoms with Gasteiger partial charge in [0.05, 0.1) is 19.8 Å². The van der Waals surface area contributed by atoms with Gasteiger partial charge in [0.25, 0.3) is 0 Å².